The molecule has 1 atom stereocenters. The van der Waals surface area contributed by atoms with Crippen LogP contribution < -0.4 is 0 Å². The van der Waals surface area contributed by atoms with Crippen LogP contribution in [-0.2, 0) is 4.74 Å². The van der Waals surface area contributed by atoms with Crippen LogP contribution in [0.4, 0.5) is 4.79 Å². The fraction of sp³-hybridized carbons (Fsp3) is 0.417. The van der Waals surface area contributed by atoms with Gasteiger partial charge >= 0.3 is 6.09 Å². The number of halogens is 1. The summed E-state index contributed by atoms with van der Waals surface area (Å²) in [6, 6.07) is 0. The molecule has 0 saturated carbocycles. The molecule has 0 fully saturated rings. The highest BCUT2D eigenvalue weighted by atomic mass is 35.5. The van der Waals surface area contributed by atoms with Crippen LogP contribution in [0.3, 0.4) is 0 Å². The number of aliphatic imine (C=N–C) groups is 1. The first-order valence-electron chi connectivity index (χ1n) is 5.81. The van der Waals surface area contributed by atoms with Crippen molar-refractivity contribution in [2.24, 2.45) is 16.0 Å². The SMILES string of the molecule is CCOC(=O)[N+]12N=C(Cl)C=C1N=CC=C2C(C)C. The summed E-state index contributed by atoms with van der Waals surface area (Å²) in [6.45, 7) is 6.02. The number of hydrogen-bond donors (Lipinski definition) is 0. The van der Waals surface area contributed by atoms with Gasteiger partial charge in [0.25, 0.3) is 5.82 Å². The first-order valence-corrected chi connectivity index (χ1v) is 6.19. The van der Waals surface area contributed by atoms with Gasteiger partial charge in [-0.3, -0.25) is 0 Å². The van der Waals surface area contributed by atoms with E-state index >= 15 is 0 Å². The fourth-order valence-corrected chi connectivity index (χ4v) is 2.27. The molecule has 0 saturated heterocycles. The number of quaternary nitrogens is 1. The quantitative estimate of drug-likeness (QED) is 0.723. The van der Waals surface area contributed by atoms with E-state index in [0.29, 0.717) is 5.82 Å². The third-order valence-electron chi connectivity index (χ3n) is 2.77. The normalized spacial score (nSPS) is 25.5. The molecular weight excluding hydrogens is 254 g/mol. The van der Waals surface area contributed by atoms with Crippen LogP contribution >= 0.6 is 11.6 Å². The number of allylic oxidation sites excluding steroid dienone is 3. The van der Waals surface area contributed by atoms with Gasteiger partial charge in [0.2, 0.25) is 0 Å². The fourth-order valence-electron chi connectivity index (χ4n) is 2.05. The predicted molar refractivity (Wildman–Crippen MR) is 70.1 cm³/mol. The van der Waals surface area contributed by atoms with Gasteiger partial charge in [0.05, 0.1) is 12.7 Å². The number of carbonyl (C=O) groups is 1. The molecule has 0 aromatic rings. The zero-order valence-corrected chi connectivity index (χ0v) is 11.3. The molecule has 0 bridgehead atoms. The maximum absolute atomic E-state index is 12.3. The van der Waals surface area contributed by atoms with Crippen molar-refractivity contribution < 1.29 is 14.1 Å². The van der Waals surface area contributed by atoms with Gasteiger partial charge in [-0.2, -0.15) is 4.79 Å². The second-order valence-corrected chi connectivity index (χ2v) is 4.67. The molecule has 5 nitrogen and oxygen atoms in total. The van der Waals surface area contributed by atoms with Crippen molar-refractivity contribution in [1.29, 1.82) is 0 Å². The lowest BCUT2D eigenvalue weighted by molar-refractivity contribution is -0.789. The largest absolute Gasteiger partial charge is 0.555 e. The van der Waals surface area contributed by atoms with Gasteiger partial charge in [-0.1, -0.05) is 25.4 Å². The van der Waals surface area contributed by atoms with E-state index in [2.05, 4.69) is 10.1 Å². The van der Waals surface area contributed by atoms with Crippen molar-refractivity contribution in [3.8, 4) is 0 Å². The number of fused-ring (bicyclic) bond motifs is 1. The zero-order valence-electron chi connectivity index (χ0n) is 10.6. The molecule has 2 aliphatic rings. The lowest BCUT2D eigenvalue weighted by Gasteiger charge is -2.29. The average Bonchev–Trinajstić information content (AvgIpc) is 2.65. The molecule has 18 heavy (non-hydrogen) atoms. The van der Waals surface area contributed by atoms with Crippen LogP contribution in [0.2, 0.25) is 0 Å². The molecule has 2 rings (SSSR count). The van der Waals surface area contributed by atoms with Crippen molar-refractivity contribution in [1.82, 2.24) is 0 Å². The van der Waals surface area contributed by atoms with Crippen molar-refractivity contribution in [2.75, 3.05) is 6.61 Å². The summed E-state index contributed by atoms with van der Waals surface area (Å²) >= 11 is 5.94. The summed E-state index contributed by atoms with van der Waals surface area (Å²) in [6.07, 6.45) is 4.56. The molecule has 0 N–H and O–H groups in total. The molecule has 2 heterocycles. The Kier molecular flexibility index (Phi) is 3.36. The van der Waals surface area contributed by atoms with Crippen molar-refractivity contribution >= 4 is 29.1 Å². The lowest BCUT2D eigenvalue weighted by Crippen LogP contribution is -2.47. The van der Waals surface area contributed by atoms with E-state index in [9.17, 15) is 4.79 Å². The highest BCUT2D eigenvalue weighted by Gasteiger charge is 2.54. The van der Waals surface area contributed by atoms with Gasteiger partial charge in [0.15, 0.2) is 10.9 Å². The number of rotatable bonds is 2. The first-order chi connectivity index (χ1) is 8.52. The van der Waals surface area contributed by atoms with Gasteiger partial charge < -0.3 is 4.74 Å². The van der Waals surface area contributed by atoms with Gasteiger partial charge in [-0.25, -0.2) is 4.99 Å². The molecular formula is C12H15ClN3O2+. The van der Waals surface area contributed by atoms with E-state index < -0.39 is 6.09 Å². The smallest absolute Gasteiger partial charge is 0.418 e. The average molecular weight is 269 g/mol. The van der Waals surface area contributed by atoms with E-state index in [1.807, 2.05) is 13.8 Å². The molecule has 0 aliphatic carbocycles. The van der Waals surface area contributed by atoms with Crippen molar-refractivity contribution in [3.63, 3.8) is 0 Å². The van der Waals surface area contributed by atoms with Crippen LogP contribution in [0.5, 0.6) is 0 Å². The Balaban J connectivity index is 2.56. The van der Waals surface area contributed by atoms with E-state index in [4.69, 9.17) is 16.3 Å². The molecule has 96 valence electrons. The molecule has 0 radical (unpaired) electrons. The monoisotopic (exact) mass is 268 g/mol. The Morgan fingerprint density at radius 1 is 1.56 bits per heavy atom. The molecule has 0 aromatic heterocycles. The standard InChI is InChI=1S/C12H15ClN3O2/c1-4-18-12(17)16-9(8(2)3)5-6-14-11(16)7-10(13)15-16/h5-8H,4H2,1-3H3/q+1. The summed E-state index contributed by atoms with van der Waals surface area (Å²) in [7, 11) is 0. The minimum absolute atomic E-state index is 0.121. The van der Waals surface area contributed by atoms with Crippen molar-refractivity contribution in [3.05, 3.63) is 23.7 Å². The van der Waals surface area contributed by atoms with Gasteiger partial charge in [0, 0.05) is 18.2 Å². The second kappa shape index (κ2) is 4.66. The number of carbonyl (C=O) groups excluding carboxylic acids is 1. The van der Waals surface area contributed by atoms with Crippen LogP contribution in [0.15, 0.2) is 33.8 Å². The van der Waals surface area contributed by atoms with Gasteiger partial charge in [-0.05, 0) is 16.6 Å². The topological polar surface area (TPSA) is 51.0 Å². The summed E-state index contributed by atoms with van der Waals surface area (Å²) < 4.78 is 4.74. The maximum Gasteiger partial charge on any atom is 0.555 e. The molecule has 0 aromatic carbocycles. The number of ether oxygens (including phenoxy) is 1. The molecule has 1 unspecified atom stereocenters. The first kappa shape index (κ1) is 13.0. The Morgan fingerprint density at radius 3 is 2.89 bits per heavy atom. The van der Waals surface area contributed by atoms with Crippen LogP contribution in [0.1, 0.15) is 20.8 Å². The molecule has 1 amide bonds. The Hall–Kier alpha value is -1.46. The maximum atomic E-state index is 12.3. The van der Waals surface area contributed by atoms with Crippen molar-refractivity contribution in [2.45, 2.75) is 20.8 Å². The predicted octanol–water partition coefficient (Wildman–Crippen LogP) is 2.99. The summed E-state index contributed by atoms with van der Waals surface area (Å²) in [5, 5.41) is 4.49. The minimum atomic E-state index is -0.476. The van der Waals surface area contributed by atoms with Crippen LogP contribution in [0.25, 0.3) is 0 Å². The number of nitrogens with zero attached hydrogens (tertiary/aromatic N) is 3. The summed E-state index contributed by atoms with van der Waals surface area (Å²) in [5.74, 6) is 0.598. The summed E-state index contributed by atoms with van der Waals surface area (Å²) in [4.78, 5) is 16.5. The number of amides is 1. The van der Waals surface area contributed by atoms with E-state index in [-0.39, 0.29) is 22.3 Å². The Labute approximate surface area is 111 Å². The highest BCUT2D eigenvalue weighted by molar-refractivity contribution is 6.68. The Morgan fingerprint density at radius 2 is 2.28 bits per heavy atom. The van der Waals surface area contributed by atoms with Gasteiger partial charge in [-0.15, -0.1) is 0 Å². The third-order valence-corrected chi connectivity index (χ3v) is 2.96. The Bertz CT molecular complexity index is 505. The van der Waals surface area contributed by atoms with E-state index in [0.717, 1.165) is 5.70 Å². The lowest BCUT2D eigenvalue weighted by atomic mass is 10.1. The van der Waals surface area contributed by atoms with Gasteiger partial charge in [0.1, 0.15) is 0 Å². The molecule has 6 heteroatoms. The van der Waals surface area contributed by atoms with E-state index in [1.54, 1.807) is 25.3 Å². The zero-order chi connectivity index (χ0) is 13.3. The van der Waals surface area contributed by atoms with Crippen LogP contribution in [0, 0.1) is 5.92 Å². The number of hydrogen-bond acceptors (Lipinski definition) is 4. The van der Waals surface area contributed by atoms with Crippen LogP contribution in [-0.4, -0.2) is 28.7 Å². The highest BCUT2D eigenvalue weighted by Crippen LogP contribution is 2.39. The van der Waals surface area contributed by atoms with E-state index in [1.165, 1.54) is 0 Å². The third kappa shape index (κ3) is 1.79. The molecule has 2 aliphatic heterocycles. The summed E-state index contributed by atoms with van der Waals surface area (Å²) in [5.41, 5.74) is 0.797. The second-order valence-electron chi connectivity index (χ2n) is 4.28. The molecule has 0 spiro atoms. The minimum Gasteiger partial charge on any atom is -0.418 e.